The Kier molecular flexibility index (Phi) is 13.8. The molecule has 1 rings (SSSR count). The van der Waals surface area contributed by atoms with E-state index in [4.69, 9.17) is 18.9 Å². The van der Waals surface area contributed by atoms with E-state index in [2.05, 4.69) is 4.74 Å². The van der Waals surface area contributed by atoms with E-state index in [1.54, 1.807) is 5.32 Å². The average molecular weight is 821 g/mol. The van der Waals surface area contributed by atoms with Crippen LogP contribution in [0.4, 0.5) is 74.6 Å². The van der Waals surface area contributed by atoms with Crippen LogP contribution in [0.3, 0.4) is 0 Å². The third-order valence-electron chi connectivity index (χ3n) is 6.76. The molecule has 1 aliphatic heterocycles. The number of alkyl halides is 17. The predicted molar refractivity (Wildman–Crippen MR) is 130 cm³/mol. The van der Waals surface area contributed by atoms with E-state index < -0.39 is 128 Å². The highest BCUT2D eigenvalue weighted by atomic mass is 19.4. The van der Waals surface area contributed by atoms with Crippen LogP contribution in [0.25, 0.3) is 0 Å². The first-order valence-corrected chi connectivity index (χ1v) is 13.8. The van der Waals surface area contributed by atoms with E-state index in [0.29, 0.717) is 13.8 Å². The molecule has 5 atom stereocenters. The molecule has 0 aromatic heterocycles. The van der Waals surface area contributed by atoms with Gasteiger partial charge in [0.1, 0.15) is 18.8 Å². The maximum absolute atomic E-state index is 14.4. The summed E-state index contributed by atoms with van der Waals surface area (Å²) in [7, 11) is 0. The van der Waals surface area contributed by atoms with E-state index in [9.17, 15) is 98.6 Å². The van der Waals surface area contributed by atoms with Crippen molar-refractivity contribution in [3.8, 4) is 0 Å². The molecule has 0 bridgehead atoms. The topological polar surface area (TPSA) is 144 Å². The van der Waals surface area contributed by atoms with E-state index in [1.807, 2.05) is 0 Å². The summed E-state index contributed by atoms with van der Waals surface area (Å²) in [6.45, 7) is 1.99. The molecule has 1 fully saturated rings. The standard InChI is InChI=1S/C25H24F17NO10/c1-8(44)49-7-12-15(50-9(2)45)16(51-10(3)46)14(17(53-12)52-11(4)47)43-13(48)5-6-18(26,27)19(28,29)20(30,31)21(32,33)22(34,35)23(36,37)24(38,39)25(40,41)42/h12,14-17H,5-7H2,1-4H3,(H,43,48)/t12-,14-,15+,16+,17?/m0/s1. The molecule has 0 spiro atoms. The zero-order chi connectivity index (χ0) is 42.1. The number of halogens is 17. The van der Waals surface area contributed by atoms with Gasteiger partial charge in [0.25, 0.3) is 0 Å². The van der Waals surface area contributed by atoms with Gasteiger partial charge in [-0.25, -0.2) is 0 Å². The van der Waals surface area contributed by atoms with Crippen LogP contribution in [0.15, 0.2) is 0 Å². The first-order chi connectivity index (χ1) is 23.4. The zero-order valence-electron chi connectivity index (χ0n) is 26.5. The van der Waals surface area contributed by atoms with Crippen molar-refractivity contribution in [2.45, 2.75) is 119 Å². The molecule has 28 heteroatoms. The van der Waals surface area contributed by atoms with E-state index in [0.717, 1.165) is 13.8 Å². The summed E-state index contributed by atoms with van der Waals surface area (Å²) < 4.78 is 255. The molecule has 53 heavy (non-hydrogen) atoms. The number of carbonyl (C=O) groups is 5. The van der Waals surface area contributed by atoms with Crippen molar-refractivity contribution in [1.29, 1.82) is 0 Å². The second-order valence-corrected chi connectivity index (χ2v) is 10.8. The molecule has 1 heterocycles. The minimum Gasteiger partial charge on any atom is -0.463 e. The molecular weight excluding hydrogens is 797 g/mol. The Hall–Kier alpha value is -3.88. The van der Waals surface area contributed by atoms with Gasteiger partial charge in [-0.2, -0.15) is 74.6 Å². The van der Waals surface area contributed by atoms with Crippen LogP contribution in [-0.2, 0) is 47.7 Å². The zero-order valence-corrected chi connectivity index (χ0v) is 26.5. The lowest BCUT2D eigenvalue weighted by molar-refractivity contribution is -0.461. The van der Waals surface area contributed by atoms with Crippen LogP contribution >= 0.6 is 0 Å². The van der Waals surface area contributed by atoms with Crippen LogP contribution in [0.1, 0.15) is 40.5 Å². The monoisotopic (exact) mass is 821 g/mol. The SMILES string of the molecule is CC(=O)OC[C@@H]1OC(OC(C)=O)[C@@H](NC(=O)CCC(F)(F)C(F)(F)C(F)(F)C(F)(F)C(F)(F)C(F)(F)C(F)(F)C(F)(F)F)[C@@H](OC(C)=O)[C@@H]1OC(C)=O. The Balaban J connectivity index is 3.53. The van der Waals surface area contributed by atoms with Gasteiger partial charge in [-0.15, -0.1) is 0 Å². The summed E-state index contributed by atoms with van der Waals surface area (Å²) in [5.41, 5.74) is 0. The summed E-state index contributed by atoms with van der Waals surface area (Å²) in [5.74, 6) is -65.3. The molecule has 11 nitrogen and oxygen atoms in total. The van der Waals surface area contributed by atoms with Gasteiger partial charge in [0, 0.05) is 40.5 Å². The first-order valence-electron chi connectivity index (χ1n) is 13.8. The molecule has 1 N–H and O–H groups in total. The summed E-state index contributed by atoms with van der Waals surface area (Å²) in [5, 5.41) is 1.55. The van der Waals surface area contributed by atoms with Crippen molar-refractivity contribution in [3.63, 3.8) is 0 Å². The number of hydrogen-bond acceptors (Lipinski definition) is 10. The third-order valence-corrected chi connectivity index (χ3v) is 6.76. The molecule has 1 unspecified atom stereocenters. The summed E-state index contributed by atoms with van der Waals surface area (Å²) in [6.07, 6.45) is -21.6. The highest BCUT2D eigenvalue weighted by Gasteiger charge is 2.95. The van der Waals surface area contributed by atoms with Crippen molar-refractivity contribution in [3.05, 3.63) is 0 Å². The number of amides is 1. The van der Waals surface area contributed by atoms with Gasteiger partial charge in [-0.3, -0.25) is 24.0 Å². The highest BCUT2D eigenvalue weighted by molar-refractivity contribution is 5.77. The lowest BCUT2D eigenvalue weighted by Gasteiger charge is -2.44. The van der Waals surface area contributed by atoms with Crippen LogP contribution in [0, 0.1) is 0 Å². The number of carbonyl (C=O) groups excluding carboxylic acids is 5. The van der Waals surface area contributed by atoms with Gasteiger partial charge in [-0.05, 0) is 0 Å². The minimum absolute atomic E-state index is 0.656. The minimum atomic E-state index is -8.84. The number of nitrogens with one attached hydrogen (secondary N) is 1. The van der Waals surface area contributed by atoms with Crippen LogP contribution in [-0.4, -0.2) is 115 Å². The maximum Gasteiger partial charge on any atom is 0.460 e. The number of rotatable bonds is 15. The molecule has 0 aliphatic carbocycles. The molecule has 0 saturated carbocycles. The average Bonchev–Trinajstić information content (AvgIpc) is 2.96. The van der Waals surface area contributed by atoms with Crippen molar-refractivity contribution in [1.82, 2.24) is 5.32 Å². The van der Waals surface area contributed by atoms with Gasteiger partial charge in [0.15, 0.2) is 12.2 Å². The van der Waals surface area contributed by atoms with E-state index in [-0.39, 0.29) is 0 Å². The van der Waals surface area contributed by atoms with Crippen LogP contribution in [0.5, 0.6) is 0 Å². The fraction of sp³-hybridized carbons (Fsp3) is 0.800. The largest absolute Gasteiger partial charge is 0.463 e. The fourth-order valence-corrected chi connectivity index (χ4v) is 4.20. The molecule has 0 radical (unpaired) electrons. The predicted octanol–water partition coefficient (Wildman–Crippen LogP) is 4.98. The summed E-state index contributed by atoms with van der Waals surface area (Å²) in [4.78, 5) is 59.1. The molecule has 0 aromatic rings. The van der Waals surface area contributed by atoms with E-state index >= 15 is 0 Å². The third kappa shape index (κ3) is 9.09. The second-order valence-electron chi connectivity index (χ2n) is 10.8. The Morgan fingerprint density at radius 1 is 0.547 bits per heavy atom. The molecule has 0 aromatic carbocycles. The maximum atomic E-state index is 14.4. The van der Waals surface area contributed by atoms with Gasteiger partial charge in [-0.1, -0.05) is 0 Å². The highest BCUT2D eigenvalue weighted by Crippen LogP contribution is 2.64. The quantitative estimate of drug-likeness (QED) is 0.137. The Morgan fingerprint density at radius 3 is 1.34 bits per heavy atom. The van der Waals surface area contributed by atoms with Crippen LogP contribution < -0.4 is 5.32 Å². The van der Waals surface area contributed by atoms with Gasteiger partial charge < -0.3 is 29.0 Å². The number of esters is 4. The van der Waals surface area contributed by atoms with Gasteiger partial charge in [0.05, 0.1) is 0 Å². The van der Waals surface area contributed by atoms with Crippen molar-refractivity contribution in [2.24, 2.45) is 0 Å². The normalized spacial score (nSPS) is 22.4. The molecule has 1 aliphatic rings. The van der Waals surface area contributed by atoms with Crippen molar-refractivity contribution < 1.29 is 122 Å². The smallest absolute Gasteiger partial charge is 0.460 e. The van der Waals surface area contributed by atoms with Gasteiger partial charge >= 0.3 is 71.5 Å². The first kappa shape index (κ1) is 47.1. The Bertz CT molecular complexity index is 1390. The van der Waals surface area contributed by atoms with Gasteiger partial charge in [0.2, 0.25) is 12.2 Å². The lowest BCUT2D eigenvalue weighted by atomic mass is 9.88. The Labute approximate surface area is 283 Å². The Morgan fingerprint density at radius 2 is 0.943 bits per heavy atom. The molecular formula is C25H24F17NO10. The second kappa shape index (κ2) is 15.5. The van der Waals surface area contributed by atoms with Crippen molar-refractivity contribution in [2.75, 3.05) is 6.61 Å². The molecule has 1 amide bonds. The fourth-order valence-electron chi connectivity index (χ4n) is 4.20. The van der Waals surface area contributed by atoms with Crippen LogP contribution in [0.2, 0.25) is 0 Å². The summed E-state index contributed by atoms with van der Waals surface area (Å²) >= 11 is 0. The summed E-state index contributed by atoms with van der Waals surface area (Å²) in [6, 6.07) is -2.29. The lowest BCUT2D eigenvalue weighted by Crippen LogP contribution is -2.74. The molecule has 1 saturated heterocycles. The number of ether oxygens (including phenoxy) is 5. The molecule has 308 valence electrons. The number of hydrogen-bond donors (Lipinski definition) is 1. The van der Waals surface area contributed by atoms with Crippen molar-refractivity contribution >= 4 is 29.8 Å². The van der Waals surface area contributed by atoms with E-state index in [1.165, 1.54) is 0 Å².